The van der Waals surface area contributed by atoms with Crippen molar-refractivity contribution in [2.24, 2.45) is 0 Å². The van der Waals surface area contributed by atoms with Crippen molar-refractivity contribution >= 4 is 60.4 Å². The van der Waals surface area contributed by atoms with Crippen LogP contribution < -0.4 is 5.32 Å². The summed E-state index contributed by atoms with van der Waals surface area (Å²) in [4.78, 5) is 12.2. The van der Waals surface area contributed by atoms with Gasteiger partial charge in [-0.1, -0.05) is 38.8 Å². The molecule has 0 aromatic heterocycles. The Balaban J connectivity index is 2.69. The minimum Gasteiger partial charge on any atom is -0.351 e. The third-order valence-corrected chi connectivity index (χ3v) is 4.51. The summed E-state index contributed by atoms with van der Waals surface area (Å²) in [5.74, 6) is -0.0244. The highest BCUT2D eigenvalue weighted by molar-refractivity contribution is 14.1. The smallest absolute Gasteiger partial charge is 0.252 e. The van der Waals surface area contributed by atoms with Crippen molar-refractivity contribution in [1.82, 2.24) is 5.32 Å². The molecule has 1 N–H and O–H groups in total. The first-order valence-electron chi connectivity index (χ1n) is 4.92. The Morgan fingerprint density at radius 1 is 1.56 bits per heavy atom. The van der Waals surface area contributed by atoms with Crippen LogP contribution in [0.15, 0.2) is 22.7 Å². The zero-order valence-corrected chi connectivity index (χ0v) is 14.1. The third kappa shape index (κ3) is 4.33. The fraction of sp³-hybridized carbons (Fsp3) is 0.364. The highest BCUT2D eigenvalue weighted by atomic mass is 127. The Hall–Kier alpha value is 0.380. The van der Waals surface area contributed by atoms with Gasteiger partial charge in [0.25, 0.3) is 5.91 Å². The van der Waals surface area contributed by atoms with Gasteiger partial charge in [0, 0.05) is 19.4 Å². The summed E-state index contributed by atoms with van der Waals surface area (Å²) in [7, 11) is 0. The van der Waals surface area contributed by atoms with Crippen LogP contribution in [0.2, 0.25) is 0 Å². The van der Waals surface area contributed by atoms with Crippen LogP contribution in [-0.2, 0) is 0 Å². The zero-order valence-electron chi connectivity index (χ0n) is 8.77. The molecule has 0 fully saturated rings. The van der Waals surface area contributed by atoms with Crippen molar-refractivity contribution in [3.8, 4) is 0 Å². The van der Waals surface area contributed by atoms with Crippen molar-refractivity contribution in [1.29, 1.82) is 0 Å². The van der Waals surface area contributed by atoms with Crippen LogP contribution in [0.1, 0.15) is 23.7 Å². The molecular formula is C11H12Br2INO. The summed E-state index contributed by atoms with van der Waals surface area (Å²) in [6, 6.07) is 5.69. The minimum absolute atomic E-state index is 0.0244. The monoisotopic (exact) mass is 459 g/mol. The van der Waals surface area contributed by atoms with E-state index in [0.29, 0.717) is 16.9 Å². The number of alkyl halides is 1. The van der Waals surface area contributed by atoms with Crippen LogP contribution >= 0.6 is 54.5 Å². The van der Waals surface area contributed by atoms with Gasteiger partial charge >= 0.3 is 0 Å². The maximum Gasteiger partial charge on any atom is 0.252 e. The van der Waals surface area contributed by atoms with Crippen molar-refractivity contribution in [2.45, 2.75) is 18.2 Å². The highest BCUT2D eigenvalue weighted by Gasteiger charge is 2.11. The fourth-order valence-corrected chi connectivity index (χ4v) is 2.22. The molecule has 1 amide bonds. The summed E-state index contributed by atoms with van der Waals surface area (Å²) in [5, 5.41) is 2.91. The number of halogens is 3. The second-order valence-corrected chi connectivity index (χ2v) is 6.71. The average molecular weight is 461 g/mol. The number of amides is 1. The van der Waals surface area contributed by atoms with Crippen LogP contribution in [-0.4, -0.2) is 17.3 Å². The summed E-state index contributed by atoms with van der Waals surface area (Å²) in [6.45, 7) is 2.73. The van der Waals surface area contributed by atoms with Crippen molar-refractivity contribution in [2.75, 3.05) is 6.54 Å². The topological polar surface area (TPSA) is 29.1 Å². The van der Waals surface area contributed by atoms with Gasteiger partial charge < -0.3 is 5.32 Å². The predicted molar refractivity (Wildman–Crippen MR) is 82.2 cm³/mol. The van der Waals surface area contributed by atoms with Gasteiger partial charge in [0.05, 0.1) is 5.56 Å². The van der Waals surface area contributed by atoms with Crippen molar-refractivity contribution in [3.05, 3.63) is 31.8 Å². The first-order valence-corrected chi connectivity index (χ1v) is 7.70. The van der Waals surface area contributed by atoms with E-state index in [-0.39, 0.29) is 5.91 Å². The maximum atomic E-state index is 11.9. The van der Waals surface area contributed by atoms with E-state index in [9.17, 15) is 4.79 Å². The van der Waals surface area contributed by atoms with Crippen LogP contribution in [0.5, 0.6) is 0 Å². The molecule has 1 unspecified atom stereocenters. The number of carbonyl (C=O) groups excluding carboxylic acids is 1. The zero-order chi connectivity index (χ0) is 12.1. The Labute approximate surface area is 126 Å². The van der Waals surface area contributed by atoms with Crippen LogP contribution in [0.3, 0.4) is 0 Å². The first-order chi connectivity index (χ1) is 7.54. The summed E-state index contributed by atoms with van der Waals surface area (Å²) in [6.07, 6.45) is 0.996. The molecule has 0 aliphatic heterocycles. The van der Waals surface area contributed by atoms with Crippen molar-refractivity contribution in [3.63, 3.8) is 0 Å². The maximum absolute atomic E-state index is 11.9. The fourth-order valence-electron chi connectivity index (χ4n) is 1.11. The van der Waals surface area contributed by atoms with Crippen molar-refractivity contribution < 1.29 is 4.79 Å². The molecule has 2 nitrogen and oxygen atoms in total. The van der Waals surface area contributed by atoms with E-state index in [0.717, 1.165) is 14.5 Å². The molecule has 0 heterocycles. The average Bonchev–Trinajstić information content (AvgIpc) is 2.28. The Kier molecular flexibility index (Phi) is 6.28. The van der Waals surface area contributed by atoms with Gasteiger partial charge in [-0.2, -0.15) is 0 Å². The summed E-state index contributed by atoms with van der Waals surface area (Å²) in [5.41, 5.74) is 0.714. The molecule has 0 bridgehead atoms. The summed E-state index contributed by atoms with van der Waals surface area (Å²) < 4.78 is 1.88. The van der Waals surface area contributed by atoms with E-state index in [4.69, 9.17) is 0 Å². The second-order valence-electron chi connectivity index (χ2n) is 3.34. The molecule has 0 saturated heterocycles. The largest absolute Gasteiger partial charge is 0.351 e. The van der Waals surface area contributed by atoms with Crippen LogP contribution in [0.4, 0.5) is 0 Å². The quantitative estimate of drug-likeness (QED) is 0.535. The van der Waals surface area contributed by atoms with Gasteiger partial charge in [0.2, 0.25) is 0 Å². The molecule has 1 aromatic carbocycles. The standard InChI is InChI=1S/C11H12Br2INO/c1-2-7(12)6-15-11(16)9-5-8(13)3-4-10(9)14/h3-5,7H,2,6H2,1H3,(H,15,16). The molecule has 1 atom stereocenters. The molecular weight excluding hydrogens is 449 g/mol. The molecule has 0 saturated carbocycles. The van der Waals surface area contributed by atoms with E-state index in [2.05, 4.69) is 66.7 Å². The lowest BCUT2D eigenvalue weighted by Gasteiger charge is -2.10. The SMILES string of the molecule is CCC(Br)CNC(=O)c1cc(Br)ccc1I. The van der Waals surface area contributed by atoms with Gasteiger partial charge in [0.15, 0.2) is 0 Å². The van der Waals surface area contributed by atoms with Gasteiger partial charge in [-0.3, -0.25) is 4.79 Å². The van der Waals surface area contributed by atoms with E-state index >= 15 is 0 Å². The molecule has 0 spiro atoms. The molecule has 0 aliphatic carbocycles. The van der Waals surface area contributed by atoms with E-state index in [1.54, 1.807) is 0 Å². The van der Waals surface area contributed by atoms with Gasteiger partial charge in [-0.05, 0) is 47.2 Å². The molecule has 0 aliphatic rings. The van der Waals surface area contributed by atoms with E-state index in [1.807, 2.05) is 18.2 Å². The summed E-state index contributed by atoms with van der Waals surface area (Å²) >= 11 is 9.02. The number of rotatable bonds is 4. The normalized spacial score (nSPS) is 12.2. The van der Waals surface area contributed by atoms with E-state index in [1.165, 1.54) is 0 Å². The number of carbonyl (C=O) groups is 1. The first kappa shape index (κ1) is 14.4. The third-order valence-electron chi connectivity index (χ3n) is 2.10. The highest BCUT2D eigenvalue weighted by Crippen LogP contribution is 2.18. The molecule has 1 aromatic rings. The molecule has 0 radical (unpaired) electrons. The van der Waals surface area contributed by atoms with Gasteiger partial charge in [0.1, 0.15) is 0 Å². The molecule has 16 heavy (non-hydrogen) atoms. The number of hydrogen-bond donors (Lipinski definition) is 1. The lowest BCUT2D eigenvalue weighted by atomic mass is 10.2. The molecule has 5 heteroatoms. The second kappa shape index (κ2) is 6.96. The lowest BCUT2D eigenvalue weighted by Crippen LogP contribution is -2.29. The Morgan fingerprint density at radius 2 is 2.25 bits per heavy atom. The van der Waals surface area contributed by atoms with Crippen LogP contribution in [0, 0.1) is 3.57 Å². The lowest BCUT2D eigenvalue weighted by molar-refractivity contribution is 0.0953. The van der Waals surface area contributed by atoms with Gasteiger partial charge in [-0.25, -0.2) is 0 Å². The van der Waals surface area contributed by atoms with E-state index < -0.39 is 0 Å². The number of benzene rings is 1. The van der Waals surface area contributed by atoms with Gasteiger partial charge in [-0.15, -0.1) is 0 Å². The number of nitrogens with one attached hydrogen (secondary N) is 1. The Morgan fingerprint density at radius 3 is 2.88 bits per heavy atom. The van der Waals surface area contributed by atoms with Crippen LogP contribution in [0.25, 0.3) is 0 Å². The minimum atomic E-state index is -0.0244. The predicted octanol–water partition coefficient (Wildman–Crippen LogP) is 3.96. The Bertz CT molecular complexity index is 384. The molecule has 1 rings (SSSR count). The molecule has 88 valence electrons. The number of hydrogen-bond acceptors (Lipinski definition) is 1.